The van der Waals surface area contributed by atoms with Crippen molar-refractivity contribution in [2.45, 2.75) is 101 Å². The van der Waals surface area contributed by atoms with Crippen molar-refractivity contribution in [3.8, 4) is 0 Å². The number of carbonyl (C=O) groups is 3. The fourth-order valence-corrected chi connectivity index (χ4v) is 11.0. The van der Waals surface area contributed by atoms with Crippen LogP contribution in [0.4, 0.5) is 0 Å². The molecule has 1 heterocycles. The number of ether oxygens (including phenoxy) is 1. The highest BCUT2D eigenvalue weighted by Gasteiger charge is 2.70. The molecule has 7 rings (SSSR count). The van der Waals surface area contributed by atoms with Gasteiger partial charge in [-0.15, -0.1) is 0 Å². The van der Waals surface area contributed by atoms with E-state index in [0.29, 0.717) is 19.3 Å². The standard InChI is InChI=1S/C36H43NO5S/c1-34-17-15-25(38)19-24(34)12-13-26-27-16-18-36(35(27,2)20-29(39)32(26)34,42-33(41)23-8-3-4-9-23)30(40)21-43-31-14-11-22-7-5-6-10-28(22)37-31/h5-7,10-11,14,19,23,26-27,29,32,39H,3-4,8-9,12-13,15-18,20-21H2,1-2H3/t26?,27?,29-,32?,34?,35?,36-/m0/s1. The number of ketones is 2. The molecule has 1 N–H and O–H groups in total. The number of thioether (sulfide) groups is 1. The van der Waals surface area contributed by atoms with Gasteiger partial charge in [-0.05, 0) is 92.7 Å². The topological polar surface area (TPSA) is 93.6 Å². The first-order chi connectivity index (χ1) is 20.6. The van der Waals surface area contributed by atoms with Crippen LogP contribution in [0.3, 0.4) is 0 Å². The fraction of sp³-hybridized carbons (Fsp3) is 0.611. The van der Waals surface area contributed by atoms with Gasteiger partial charge in [-0.3, -0.25) is 14.4 Å². The molecule has 0 bridgehead atoms. The molecule has 5 aliphatic rings. The van der Waals surface area contributed by atoms with E-state index >= 15 is 0 Å². The molecule has 2 aromatic rings. The van der Waals surface area contributed by atoms with Gasteiger partial charge in [0.15, 0.2) is 17.2 Å². The van der Waals surface area contributed by atoms with E-state index in [1.54, 1.807) is 0 Å². The number of nitrogens with zero attached hydrogens (tertiary/aromatic N) is 1. The van der Waals surface area contributed by atoms with Crippen LogP contribution >= 0.6 is 11.8 Å². The number of hydrogen-bond donors (Lipinski definition) is 1. The number of Topliss-reactive ketones (excluding diaryl/α,β-unsaturated/α-hetero) is 1. The SMILES string of the molecule is CC12CCC(=O)C=C1CCC1C2[C@@H](O)CC2(C)C1CC[C@]2(OC(=O)C1CCCC1)C(=O)CSc1ccc2ccccc2n1. The third kappa shape index (κ3) is 4.63. The highest BCUT2D eigenvalue weighted by Crippen LogP contribution is 2.68. The largest absolute Gasteiger partial charge is 0.450 e. The van der Waals surface area contributed by atoms with Crippen LogP contribution in [-0.4, -0.2) is 45.1 Å². The number of aliphatic hydroxyl groups is 1. The van der Waals surface area contributed by atoms with Crippen molar-refractivity contribution >= 4 is 40.2 Å². The van der Waals surface area contributed by atoms with E-state index in [2.05, 4.69) is 13.8 Å². The van der Waals surface area contributed by atoms with Gasteiger partial charge in [-0.25, -0.2) is 4.98 Å². The Morgan fingerprint density at radius 1 is 1.02 bits per heavy atom. The molecule has 228 valence electrons. The van der Waals surface area contributed by atoms with Crippen molar-refractivity contribution in [1.29, 1.82) is 0 Å². The van der Waals surface area contributed by atoms with Gasteiger partial charge < -0.3 is 9.84 Å². The average Bonchev–Trinajstić information content (AvgIpc) is 3.63. The Bertz CT molecular complexity index is 1500. The number of pyridine rings is 1. The summed E-state index contributed by atoms with van der Waals surface area (Å²) in [5.74, 6) is 0.368. The van der Waals surface area contributed by atoms with Gasteiger partial charge in [0.2, 0.25) is 0 Å². The minimum atomic E-state index is -1.26. The molecule has 0 aliphatic heterocycles. The van der Waals surface area contributed by atoms with Crippen LogP contribution in [0.2, 0.25) is 0 Å². The first kappa shape index (κ1) is 29.2. The zero-order valence-electron chi connectivity index (χ0n) is 25.3. The number of aliphatic hydroxyl groups excluding tert-OH is 1. The molecule has 43 heavy (non-hydrogen) atoms. The molecule has 0 radical (unpaired) electrons. The second kappa shape index (κ2) is 10.8. The Balaban J connectivity index is 1.21. The van der Waals surface area contributed by atoms with E-state index in [4.69, 9.17) is 9.72 Å². The third-order valence-electron chi connectivity index (χ3n) is 12.4. The van der Waals surface area contributed by atoms with Gasteiger partial charge in [0.1, 0.15) is 0 Å². The average molecular weight is 602 g/mol. The number of aromatic nitrogens is 1. The number of hydrogen-bond acceptors (Lipinski definition) is 7. The van der Waals surface area contributed by atoms with Crippen molar-refractivity contribution in [1.82, 2.24) is 4.98 Å². The molecular formula is C36H43NO5S. The van der Waals surface area contributed by atoms with E-state index < -0.39 is 17.1 Å². The van der Waals surface area contributed by atoms with Crippen LogP contribution in [0.25, 0.3) is 10.9 Å². The lowest BCUT2D eigenvalue weighted by molar-refractivity contribution is -0.202. The number of allylic oxidation sites excluding steroid dienone is 1. The second-order valence-electron chi connectivity index (χ2n) is 14.4. The molecule has 6 nitrogen and oxygen atoms in total. The van der Waals surface area contributed by atoms with Gasteiger partial charge in [0.25, 0.3) is 0 Å². The highest BCUT2D eigenvalue weighted by molar-refractivity contribution is 7.99. The van der Waals surface area contributed by atoms with Gasteiger partial charge in [-0.2, -0.15) is 0 Å². The summed E-state index contributed by atoms with van der Waals surface area (Å²) in [6.07, 6.45) is 9.69. The molecule has 0 spiro atoms. The highest BCUT2D eigenvalue weighted by atomic mass is 32.2. The molecule has 7 atom stereocenters. The maximum absolute atomic E-state index is 14.6. The maximum Gasteiger partial charge on any atom is 0.309 e. The van der Waals surface area contributed by atoms with Crippen molar-refractivity contribution in [2.75, 3.05) is 5.75 Å². The van der Waals surface area contributed by atoms with Crippen LogP contribution in [0.5, 0.6) is 0 Å². The lowest BCUT2D eigenvalue weighted by atomic mass is 9.45. The smallest absolute Gasteiger partial charge is 0.309 e. The maximum atomic E-state index is 14.6. The van der Waals surface area contributed by atoms with Crippen LogP contribution < -0.4 is 0 Å². The Labute approximate surface area is 258 Å². The van der Waals surface area contributed by atoms with Crippen molar-refractivity contribution < 1.29 is 24.2 Å². The Morgan fingerprint density at radius 3 is 2.63 bits per heavy atom. The summed E-state index contributed by atoms with van der Waals surface area (Å²) in [5, 5.41) is 13.8. The van der Waals surface area contributed by atoms with E-state index in [-0.39, 0.29) is 52.4 Å². The molecule has 5 aliphatic carbocycles. The Kier molecular flexibility index (Phi) is 7.36. The van der Waals surface area contributed by atoms with Gasteiger partial charge in [0, 0.05) is 17.2 Å². The summed E-state index contributed by atoms with van der Waals surface area (Å²) >= 11 is 1.41. The van der Waals surface area contributed by atoms with E-state index in [1.165, 1.54) is 17.3 Å². The van der Waals surface area contributed by atoms with Crippen molar-refractivity contribution in [3.05, 3.63) is 48.0 Å². The normalized spacial score (nSPS) is 37.4. The van der Waals surface area contributed by atoms with E-state index in [1.807, 2.05) is 42.5 Å². The number of rotatable bonds is 6. The first-order valence-corrected chi connectivity index (χ1v) is 17.3. The zero-order valence-corrected chi connectivity index (χ0v) is 26.2. The Morgan fingerprint density at radius 2 is 1.81 bits per heavy atom. The summed E-state index contributed by atoms with van der Waals surface area (Å²) in [6, 6.07) is 11.9. The van der Waals surface area contributed by atoms with Gasteiger partial charge >= 0.3 is 5.97 Å². The third-order valence-corrected chi connectivity index (χ3v) is 13.3. The molecule has 0 amide bonds. The van der Waals surface area contributed by atoms with Crippen LogP contribution in [-0.2, 0) is 19.1 Å². The monoisotopic (exact) mass is 601 g/mol. The number of fused-ring (bicyclic) bond motifs is 6. The lowest BCUT2D eigenvalue weighted by Gasteiger charge is -2.60. The summed E-state index contributed by atoms with van der Waals surface area (Å²) in [5.41, 5.74) is -0.0315. The number of benzene rings is 1. The van der Waals surface area contributed by atoms with Crippen molar-refractivity contribution in [3.63, 3.8) is 0 Å². The summed E-state index contributed by atoms with van der Waals surface area (Å²) in [7, 11) is 0. The molecule has 1 aromatic carbocycles. The summed E-state index contributed by atoms with van der Waals surface area (Å²) < 4.78 is 6.56. The molecule has 0 saturated heterocycles. The van der Waals surface area contributed by atoms with Gasteiger partial charge in [-0.1, -0.05) is 68.3 Å². The van der Waals surface area contributed by atoms with Gasteiger partial charge in [0.05, 0.1) is 28.3 Å². The zero-order chi connectivity index (χ0) is 30.0. The molecule has 5 unspecified atom stereocenters. The minimum absolute atomic E-state index is 0.0475. The predicted octanol–water partition coefficient (Wildman–Crippen LogP) is 6.87. The fourth-order valence-electron chi connectivity index (χ4n) is 10.2. The summed E-state index contributed by atoms with van der Waals surface area (Å²) in [6.45, 7) is 4.37. The van der Waals surface area contributed by atoms with E-state index in [9.17, 15) is 19.5 Å². The molecule has 1 aromatic heterocycles. The lowest BCUT2D eigenvalue weighted by Crippen LogP contribution is -2.63. The van der Waals surface area contributed by atoms with Crippen molar-refractivity contribution in [2.24, 2.45) is 34.5 Å². The van der Waals surface area contributed by atoms with E-state index in [0.717, 1.165) is 67.3 Å². The van der Waals surface area contributed by atoms with Crippen LogP contribution in [0.1, 0.15) is 84.5 Å². The van der Waals surface area contributed by atoms with Crippen LogP contribution in [0.15, 0.2) is 53.1 Å². The minimum Gasteiger partial charge on any atom is -0.450 e. The molecular weight excluding hydrogens is 558 g/mol. The predicted molar refractivity (Wildman–Crippen MR) is 166 cm³/mol. The first-order valence-electron chi connectivity index (χ1n) is 16.3. The molecule has 4 saturated carbocycles. The second-order valence-corrected chi connectivity index (χ2v) is 15.4. The molecule has 4 fully saturated rings. The Hall–Kier alpha value is -2.51. The quantitative estimate of drug-likeness (QED) is 0.285. The number of carbonyl (C=O) groups excluding carboxylic acids is 3. The summed E-state index contributed by atoms with van der Waals surface area (Å²) in [4.78, 5) is 45.3. The van der Waals surface area contributed by atoms with Crippen LogP contribution in [0, 0.1) is 34.5 Å². The number of para-hydroxylation sites is 1. The number of esters is 1. The molecule has 7 heteroatoms.